The molecule has 0 spiro atoms. The van der Waals surface area contributed by atoms with Crippen molar-refractivity contribution in [3.05, 3.63) is 30.0 Å². The van der Waals surface area contributed by atoms with E-state index in [1.54, 1.807) is 0 Å². The van der Waals surface area contributed by atoms with Crippen molar-refractivity contribution in [3.8, 4) is 0 Å². The van der Waals surface area contributed by atoms with Crippen LogP contribution in [0.15, 0.2) is 29.3 Å². The quantitative estimate of drug-likeness (QED) is 0.443. The highest BCUT2D eigenvalue weighted by molar-refractivity contribution is 6.00. The topological polar surface area (TPSA) is 82.5 Å². The van der Waals surface area contributed by atoms with Crippen LogP contribution in [-0.4, -0.2) is 53.9 Å². The number of nitrogens with zero attached hydrogens (tertiary/aromatic N) is 4. The lowest BCUT2D eigenvalue weighted by Gasteiger charge is -2.14. The number of hydrogen-bond acceptors (Lipinski definition) is 4. The van der Waals surface area contributed by atoms with Gasteiger partial charge < -0.3 is 10.2 Å². The molecule has 0 radical (unpaired) electrons. The average molecular weight is 371 g/mol. The number of anilines is 1. The maximum Gasteiger partial charge on any atom is 0.249 e. The SMILES string of the molecule is Cc1nc(N/C(=N/C(=O)CC(C)C)NCCCN(C)C)nc2ccccc12. The van der Waals surface area contributed by atoms with E-state index >= 15 is 0 Å². The number of carbonyl (C=O) groups excluding carboxylic acids is 1. The zero-order valence-corrected chi connectivity index (χ0v) is 16.9. The number of fused-ring (bicyclic) bond motifs is 1. The molecular weight excluding hydrogens is 340 g/mol. The molecule has 7 heteroatoms. The molecule has 1 heterocycles. The van der Waals surface area contributed by atoms with Crippen LogP contribution < -0.4 is 10.6 Å². The fourth-order valence-corrected chi connectivity index (χ4v) is 2.63. The summed E-state index contributed by atoms with van der Waals surface area (Å²) >= 11 is 0. The third kappa shape index (κ3) is 6.94. The largest absolute Gasteiger partial charge is 0.356 e. The molecule has 1 amide bonds. The maximum absolute atomic E-state index is 12.2. The molecule has 2 rings (SSSR count). The molecule has 0 bridgehead atoms. The predicted molar refractivity (Wildman–Crippen MR) is 111 cm³/mol. The van der Waals surface area contributed by atoms with Crippen molar-refractivity contribution in [1.29, 1.82) is 0 Å². The van der Waals surface area contributed by atoms with Gasteiger partial charge in [0.2, 0.25) is 17.8 Å². The smallest absolute Gasteiger partial charge is 0.249 e. The van der Waals surface area contributed by atoms with Gasteiger partial charge in [0.25, 0.3) is 0 Å². The Bertz CT molecular complexity index is 800. The standard InChI is InChI=1S/C20H30N6O/c1-14(2)13-18(27)24-19(21-11-8-12-26(4)5)25-20-22-15(3)16-9-6-7-10-17(16)23-20/h6-7,9-10,14H,8,11-13H2,1-5H3,(H2,21,22,23,24,25,27). The summed E-state index contributed by atoms with van der Waals surface area (Å²) in [5.74, 6) is 0.928. The van der Waals surface area contributed by atoms with Crippen LogP contribution in [0.4, 0.5) is 5.95 Å². The summed E-state index contributed by atoms with van der Waals surface area (Å²) in [7, 11) is 4.07. The number of amides is 1. The van der Waals surface area contributed by atoms with Crippen molar-refractivity contribution in [1.82, 2.24) is 20.2 Å². The molecule has 1 aromatic carbocycles. The lowest BCUT2D eigenvalue weighted by Crippen LogP contribution is -2.34. The van der Waals surface area contributed by atoms with Gasteiger partial charge in [0, 0.05) is 18.4 Å². The molecule has 2 N–H and O–H groups in total. The molecule has 0 fully saturated rings. The van der Waals surface area contributed by atoms with E-state index in [-0.39, 0.29) is 11.8 Å². The minimum atomic E-state index is -0.162. The fourth-order valence-electron chi connectivity index (χ4n) is 2.63. The Balaban J connectivity index is 2.17. The Labute approximate surface area is 161 Å². The number of nitrogens with one attached hydrogen (secondary N) is 2. The van der Waals surface area contributed by atoms with Gasteiger partial charge >= 0.3 is 0 Å². The van der Waals surface area contributed by atoms with E-state index in [1.165, 1.54) is 0 Å². The van der Waals surface area contributed by atoms with Crippen molar-refractivity contribution < 1.29 is 4.79 Å². The molecular formula is C20H30N6O. The minimum absolute atomic E-state index is 0.162. The molecule has 2 aromatic rings. The van der Waals surface area contributed by atoms with E-state index in [2.05, 4.69) is 30.5 Å². The Morgan fingerprint density at radius 2 is 1.96 bits per heavy atom. The lowest BCUT2D eigenvalue weighted by atomic mass is 10.1. The second kappa shape index (κ2) is 9.97. The lowest BCUT2D eigenvalue weighted by molar-refractivity contribution is -0.118. The number of aryl methyl sites for hydroxylation is 1. The van der Waals surface area contributed by atoms with E-state index in [9.17, 15) is 4.79 Å². The van der Waals surface area contributed by atoms with Crippen molar-refractivity contribution in [2.24, 2.45) is 10.9 Å². The van der Waals surface area contributed by atoms with Crippen LogP contribution in [0, 0.1) is 12.8 Å². The normalized spacial score (nSPS) is 12.0. The second-order valence-electron chi connectivity index (χ2n) is 7.31. The Kier molecular flexibility index (Phi) is 7.67. The number of hydrogen-bond donors (Lipinski definition) is 2. The number of aliphatic imine (C=N–C) groups is 1. The zero-order valence-electron chi connectivity index (χ0n) is 16.9. The number of carbonyl (C=O) groups is 1. The summed E-state index contributed by atoms with van der Waals surface area (Å²) in [4.78, 5) is 27.5. The van der Waals surface area contributed by atoms with E-state index in [0.29, 0.717) is 24.9 Å². The third-order valence-corrected chi connectivity index (χ3v) is 3.92. The van der Waals surface area contributed by atoms with Gasteiger partial charge in [-0.05, 0) is 46.0 Å². The van der Waals surface area contributed by atoms with Crippen LogP contribution in [0.25, 0.3) is 10.9 Å². The molecule has 7 nitrogen and oxygen atoms in total. The molecule has 0 aliphatic rings. The van der Waals surface area contributed by atoms with E-state index in [0.717, 1.165) is 29.6 Å². The van der Waals surface area contributed by atoms with Gasteiger partial charge in [-0.15, -0.1) is 0 Å². The van der Waals surface area contributed by atoms with Crippen molar-refractivity contribution in [2.75, 3.05) is 32.5 Å². The van der Waals surface area contributed by atoms with Crippen molar-refractivity contribution in [2.45, 2.75) is 33.6 Å². The summed E-state index contributed by atoms with van der Waals surface area (Å²) in [5, 5.41) is 7.30. The Hall–Kier alpha value is -2.54. The van der Waals surface area contributed by atoms with Crippen molar-refractivity contribution >= 4 is 28.7 Å². The first-order chi connectivity index (χ1) is 12.8. The Morgan fingerprint density at radius 3 is 2.67 bits per heavy atom. The van der Waals surface area contributed by atoms with Crippen LogP contribution in [0.3, 0.4) is 0 Å². The third-order valence-electron chi connectivity index (χ3n) is 3.92. The van der Waals surface area contributed by atoms with Crippen LogP contribution in [0.2, 0.25) is 0 Å². The minimum Gasteiger partial charge on any atom is -0.356 e. The Morgan fingerprint density at radius 1 is 1.22 bits per heavy atom. The van der Waals surface area contributed by atoms with Crippen LogP contribution in [0.5, 0.6) is 0 Å². The number of benzene rings is 1. The molecule has 0 unspecified atom stereocenters. The summed E-state index contributed by atoms with van der Waals surface area (Å²) in [6.07, 6.45) is 1.34. The van der Waals surface area contributed by atoms with Gasteiger partial charge in [0.05, 0.1) is 11.2 Å². The molecule has 0 atom stereocenters. The number of aromatic nitrogens is 2. The van der Waals surface area contributed by atoms with Gasteiger partial charge in [-0.2, -0.15) is 4.99 Å². The van der Waals surface area contributed by atoms with Gasteiger partial charge in [-0.3, -0.25) is 10.1 Å². The van der Waals surface area contributed by atoms with Crippen LogP contribution in [-0.2, 0) is 4.79 Å². The molecule has 0 saturated heterocycles. The van der Waals surface area contributed by atoms with Gasteiger partial charge in [-0.25, -0.2) is 9.97 Å². The zero-order chi connectivity index (χ0) is 19.8. The highest BCUT2D eigenvalue weighted by Crippen LogP contribution is 2.16. The first-order valence-electron chi connectivity index (χ1n) is 9.35. The predicted octanol–water partition coefficient (Wildman–Crippen LogP) is 2.82. The first kappa shape index (κ1) is 20.8. The summed E-state index contributed by atoms with van der Waals surface area (Å²) in [5.41, 5.74) is 1.73. The molecule has 0 saturated carbocycles. The van der Waals surface area contributed by atoms with E-state index in [1.807, 2.05) is 59.1 Å². The fraction of sp³-hybridized carbons (Fsp3) is 0.500. The summed E-state index contributed by atoms with van der Waals surface area (Å²) in [6.45, 7) is 7.60. The first-order valence-corrected chi connectivity index (χ1v) is 9.35. The van der Waals surface area contributed by atoms with Crippen LogP contribution in [0.1, 0.15) is 32.4 Å². The number of guanidine groups is 1. The second-order valence-corrected chi connectivity index (χ2v) is 7.31. The number of para-hydroxylation sites is 1. The van der Waals surface area contributed by atoms with Crippen LogP contribution >= 0.6 is 0 Å². The molecule has 27 heavy (non-hydrogen) atoms. The summed E-state index contributed by atoms with van der Waals surface area (Å²) < 4.78 is 0. The molecule has 0 aliphatic heterocycles. The van der Waals surface area contributed by atoms with Gasteiger partial charge in [0.1, 0.15) is 0 Å². The highest BCUT2D eigenvalue weighted by Gasteiger charge is 2.10. The maximum atomic E-state index is 12.2. The van der Waals surface area contributed by atoms with Gasteiger partial charge in [0.15, 0.2) is 0 Å². The van der Waals surface area contributed by atoms with E-state index < -0.39 is 0 Å². The van der Waals surface area contributed by atoms with E-state index in [4.69, 9.17) is 0 Å². The molecule has 146 valence electrons. The monoisotopic (exact) mass is 370 g/mol. The molecule has 1 aromatic heterocycles. The summed E-state index contributed by atoms with van der Waals surface area (Å²) in [6, 6.07) is 7.85. The average Bonchev–Trinajstić information content (AvgIpc) is 2.57. The molecule has 0 aliphatic carbocycles. The van der Waals surface area contributed by atoms with Crippen molar-refractivity contribution in [3.63, 3.8) is 0 Å². The number of rotatable bonds is 7. The highest BCUT2D eigenvalue weighted by atomic mass is 16.1. The van der Waals surface area contributed by atoms with Gasteiger partial charge in [-0.1, -0.05) is 32.0 Å².